The zero-order chi connectivity index (χ0) is 16.6. The predicted molar refractivity (Wildman–Crippen MR) is 87.7 cm³/mol. The quantitative estimate of drug-likeness (QED) is 0.516. The number of nitrogens with zero attached hydrogens (tertiary/aromatic N) is 2. The molecule has 118 valence electrons. The van der Waals surface area contributed by atoms with Gasteiger partial charge in [0.2, 0.25) is 0 Å². The Hall–Kier alpha value is -2.15. The third-order valence-corrected chi connectivity index (χ3v) is 4.31. The molecule has 0 radical (unpaired) electrons. The fourth-order valence-corrected chi connectivity index (χ4v) is 2.95. The van der Waals surface area contributed by atoms with E-state index in [2.05, 4.69) is 5.43 Å². The zero-order valence-corrected chi connectivity index (χ0v) is 13.2. The molecule has 2 aromatic rings. The highest BCUT2D eigenvalue weighted by molar-refractivity contribution is 6.33. The summed E-state index contributed by atoms with van der Waals surface area (Å²) in [6, 6.07) is 9.48. The predicted octanol–water partition coefficient (Wildman–Crippen LogP) is 3.67. The molecule has 3 rings (SSSR count). The van der Waals surface area contributed by atoms with Crippen LogP contribution in [0.1, 0.15) is 17.2 Å². The van der Waals surface area contributed by atoms with Crippen molar-refractivity contribution in [1.29, 1.82) is 0 Å². The Balaban J connectivity index is 2.01. The normalized spacial score (nSPS) is 16.3. The van der Waals surface area contributed by atoms with Gasteiger partial charge in [0, 0.05) is 16.7 Å². The number of hydrazine groups is 1. The monoisotopic (exact) mass is 351 g/mol. The number of carbonyl (C=O) groups excluding carboxylic acids is 1. The molecule has 8 heteroatoms. The van der Waals surface area contributed by atoms with E-state index >= 15 is 0 Å². The number of carbonyl (C=O) groups is 1. The first-order chi connectivity index (χ1) is 11.0. The first kappa shape index (κ1) is 15.7. The van der Waals surface area contributed by atoms with Crippen molar-refractivity contribution in [3.8, 4) is 0 Å². The van der Waals surface area contributed by atoms with E-state index in [9.17, 15) is 14.9 Å². The van der Waals surface area contributed by atoms with Gasteiger partial charge in [-0.15, -0.1) is 0 Å². The van der Waals surface area contributed by atoms with Crippen molar-refractivity contribution in [2.24, 2.45) is 0 Å². The molecule has 23 heavy (non-hydrogen) atoms. The molecule has 1 aliphatic rings. The summed E-state index contributed by atoms with van der Waals surface area (Å²) in [5.74, 6) is 0. The first-order valence-corrected chi connectivity index (χ1v) is 7.47. The highest BCUT2D eigenvalue weighted by atomic mass is 35.5. The number of hydrogen-bond acceptors (Lipinski definition) is 5. The van der Waals surface area contributed by atoms with Crippen LogP contribution in [-0.4, -0.2) is 11.2 Å². The Morgan fingerprint density at radius 3 is 2.65 bits per heavy atom. The van der Waals surface area contributed by atoms with Gasteiger partial charge in [-0.25, -0.2) is 5.43 Å². The molecule has 0 saturated carbocycles. The average molecular weight is 352 g/mol. The summed E-state index contributed by atoms with van der Waals surface area (Å²) < 4.78 is 0. The number of aldehydes is 1. The van der Waals surface area contributed by atoms with Crippen molar-refractivity contribution in [1.82, 2.24) is 5.43 Å². The van der Waals surface area contributed by atoms with Gasteiger partial charge in [-0.05, 0) is 17.7 Å². The summed E-state index contributed by atoms with van der Waals surface area (Å²) in [6.45, 7) is 0.394. The van der Waals surface area contributed by atoms with Gasteiger partial charge >= 0.3 is 0 Å². The van der Waals surface area contributed by atoms with E-state index in [1.54, 1.807) is 11.1 Å². The Labute approximate surface area is 141 Å². The number of fused-ring (bicyclic) bond motifs is 1. The number of nitro benzene ring substituents is 1. The third kappa shape index (κ3) is 2.88. The van der Waals surface area contributed by atoms with Crippen molar-refractivity contribution < 1.29 is 9.72 Å². The molecule has 0 fully saturated rings. The maximum Gasteiger partial charge on any atom is 0.288 e. The van der Waals surface area contributed by atoms with Crippen molar-refractivity contribution in [3.05, 3.63) is 67.7 Å². The molecule has 0 aromatic heterocycles. The standard InChI is InChI=1S/C15H11Cl2N3O3/c16-11-4-2-1-3-9(11)7-19-14-6-12(17)15(20(22)23)5-10(14)13(8-21)18-19/h1-6,8,13,18H,7H2. The first-order valence-electron chi connectivity index (χ1n) is 6.71. The topological polar surface area (TPSA) is 75.5 Å². The molecule has 1 atom stereocenters. The van der Waals surface area contributed by atoms with Crippen LogP contribution in [0.25, 0.3) is 0 Å². The number of halogens is 2. The molecule has 1 unspecified atom stereocenters. The molecular weight excluding hydrogens is 341 g/mol. The van der Waals surface area contributed by atoms with E-state index in [0.717, 1.165) is 5.56 Å². The number of nitro groups is 1. The molecule has 1 heterocycles. The largest absolute Gasteiger partial charge is 0.303 e. The average Bonchev–Trinajstić information content (AvgIpc) is 2.85. The van der Waals surface area contributed by atoms with Crippen LogP contribution in [0.5, 0.6) is 0 Å². The van der Waals surface area contributed by atoms with Gasteiger partial charge in [0.15, 0.2) is 0 Å². The Morgan fingerprint density at radius 1 is 1.26 bits per heavy atom. The second-order valence-electron chi connectivity index (χ2n) is 5.04. The van der Waals surface area contributed by atoms with Crippen LogP contribution >= 0.6 is 23.2 Å². The van der Waals surface area contributed by atoms with Crippen LogP contribution < -0.4 is 10.4 Å². The van der Waals surface area contributed by atoms with Gasteiger partial charge in [0.05, 0.1) is 17.2 Å². The lowest BCUT2D eigenvalue weighted by atomic mass is 10.1. The minimum atomic E-state index is -0.663. The molecule has 6 nitrogen and oxygen atoms in total. The lowest BCUT2D eigenvalue weighted by Gasteiger charge is -2.20. The maximum atomic E-state index is 11.3. The molecule has 1 aliphatic heterocycles. The maximum absolute atomic E-state index is 11.3. The van der Waals surface area contributed by atoms with Crippen LogP contribution in [0.2, 0.25) is 10.0 Å². The number of benzene rings is 2. The third-order valence-electron chi connectivity index (χ3n) is 3.64. The molecular formula is C15H11Cl2N3O3. The lowest BCUT2D eigenvalue weighted by molar-refractivity contribution is -0.384. The molecule has 1 N–H and O–H groups in total. The van der Waals surface area contributed by atoms with Gasteiger partial charge in [0.25, 0.3) is 5.69 Å². The van der Waals surface area contributed by atoms with Gasteiger partial charge < -0.3 is 9.80 Å². The summed E-state index contributed by atoms with van der Waals surface area (Å²) in [6.07, 6.45) is 0.697. The fraction of sp³-hybridized carbons (Fsp3) is 0.133. The Kier molecular flexibility index (Phi) is 4.21. The van der Waals surface area contributed by atoms with E-state index in [1.165, 1.54) is 12.1 Å². The van der Waals surface area contributed by atoms with E-state index in [4.69, 9.17) is 23.2 Å². The van der Waals surface area contributed by atoms with E-state index < -0.39 is 11.0 Å². The smallest absolute Gasteiger partial charge is 0.288 e. The SMILES string of the molecule is O=CC1NN(Cc2ccccc2Cl)c2cc(Cl)c([N+](=O)[O-])cc21. The summed E-state index contributed by atoms with van der Waals surface area (Å²) in [5.41, 5.74) is 4.77. The lowest BCUT2D eigenvalue weighted by Crippen LogP contribution is -2.34. The summed E-state index contributed by atoms with van der Waals surface area (Å²) in [5, 5.41) is 13.3. The second kappa shape index (κ2) is 6.16. The van der Waals surface area contributed by atoms with Crippen LogP contribution in [0.3, 0.4) is 0 Å². The number of nitrogens with one attached hydrogen (secondary N) is 1. The van der Waals surface area contributed by atoms with Crippen LogP contribution in [0.4, 0.5) is 11.4 Å². The molecule has 2 aromatic carbocycles. The molecule has 0 amide bonds. The molecule has 0 aliphatic carbocycles. The molecule has 0 spiro atoms. The highest BCUT2D eigenvalue weighted by Gasteiger charge is 2.31. The number of rotatable bonds is 4. The van der Waals surface area contributed by atoms with Gasteiger partial charge in [-0.2, -0.15) is 0 Å². The van der Waals surface area contributed by atoms with Crippen LogP contribution in [-0.2, 0) is 11.3 Å². The highest BCUT2D eigenvalue weighted by Crippen LogP contribution is 2.39. The Bertz CT molecular complexity index is 798. The molecule has 0 bridgehead atoms. The summed E-state index contributed by atoms with van der Waals surface area (Å²) >= 11 is 12.1. The van der Waals surface area contributed by atoms with Crippen molar-refractivity contribution in [2.45, 2.75) is 12.6 Å². The van der Waals surface area contributed by atoms with E-state index in [0.29, 0.717) is 29.1 Å². The van der Waals surface area contributed by atoms with Gasteiger partial charge in [-0.3, -0.25) is 10.1 Å². The molecule has 0 saturated heterocycles. The minimum absolute atomic E-state index is 0.0197. The minimum Gasteiger partial charge on any atom is -0.303 e. The Morgan fingerprint density at radius 2 is 2.00 bits per heavy atom. The van der Waals surface area contributed by atoms with Crippen molar-refractivity contribution >= 4 is 40.9 Å². The van der Waals surface area contributed by atoms with Crippen molar-refractivity contribution in [2.75, 3.05) is 5.01 Å². The summed E-state index contributed by atoms with van der Waals surface area (Å²) in [4.78, 5) is 21.7. The van der Waals surface area contributed by atoms with E-state index in [1.807, 2.05) is 18.2 Å². The summed E-state index contributed by atoms with van der Waals surface area (Å²) in [7, 11) is 0. The van der Waals surface area contributed by atoms with Gasteiger partial charge in [-0.1, -0.05) is 41.4 Å². The number of anilines is 1. The van der Waals surface area contributed by atoms with E-state index in [-0.39, 0.29) is 10.7 Å². The van der Waals surface area contributed by atoms with Gasteiger partial charge in [0.1, 0.15) is 17.4 Å². The zero-order valence-electron chi connectivity index (χ0n) is 11.7. The van der Waals surface area contributed by atoms with Crippen molar-refractivity contribution in [3.63, 3.8) is 0 Å². The van der Waals surface area contributed by atoms with Crippen LogP contribution in [0, 0.1) is 10.1 Å². The fourth-order valence-electron chi connectivity index (χ4n) is 2.53. The van der Waals surface area contributed by atoms with Crippen LogP contribution in [0.15, 0.2) is 36.4 Å². The number of hydrogen-bond donors (Lipinski definition) is 1. The second-order valence-corrected chi connectivity index (χ2v) is 5.85.